The van der Waals surface area contributed by atoms with E-state index in [0.29, 0.717) is 23.5 Å². The molecular formula is C14H19Cl2NO. The van der Waals surface area contributed by atoms with Gasteiger partial charge < -0.3 is 10.4 Å². The summed E-state index contributed by atoms with van der Waals surface area (Å²) >= 11 is 12.1. The maximum atomic E-state index is 9.37. The molecule has 2 rings (SSSR count). The van der Waals surface area contributed by atoms with Gasteiger partial charge in [-0.1, -0.05) is 36.0 Å². The Hall–Kier alpha value is -0.280. The normalized spacial score (nSPS) is 24.2. The lowest BCUT2D eigenvalue weighted by atomic mass is 9.85. The first-order valence-electron chi connectivity index (χ1n) is 6.49. The highest BCUT2D eigenvalue weighted by Gasteiger charge is 2.23. The molecule has 1 aliphatic rings. The van der Waals surface area contributed by atoms with Crippen LogP contribution in [-0.4, -0.2) is 17.8 Å². The Bertz CT molecular complexity index is 397. The molecule has 2 unspecified atom stereocenters. The zero-order valence-corrected chi connectivity index (χ0v) is 11.8. The molecule has 0 heterocycles. The summed E-state index contributed by atoms with van der Waals surface area (Å²) in [5.74, 6) is 0.372. The van der Waals surface area contributed by atoms with Crippen LogP contribution in [0.3, 0.4) is 0 Å². The van der Waals surface area contributed by atoms with Crippen molar-refractivity contribution in [1.29, 1.82) is 0 Å². The summed E-state index contributed by atoms with van der Waals surface area (Å²) in [7, 11) is 0. The molecule has 0 aliphatic heterocycles. The van der Waals surface area contributed by atoms with E-state index in [2.05, 4.69) is 5.32 Å². The van der Waals surface area contributed by atoms with Gasteiger partial charge in [-0.15, -0.1) is 0 Å². The number of aliphatic hydroxyl groups is 1. The van der Waals surface area contributed by atoms with E-state index >= 15 is 0 Å². The summed E-state index contributed by atoms with van der Waals surface area (Å²) in [5, 5.41) is 14.3. The lowest BCUT2D eigenvalue weighted by Gasteiger charge is -2.31. The third-order valence-electron chi connectivity index (χ3n) is 3.71. The number of nitrogens with one attached hydrogen (secondary N) is 1. The lowest BCUT2D eigenvalue weighted by molar-refractivity contribution is 0.152. The van der Waals surface area contributed by atoms with Crippen molar-refractivity contribution in [2.24, 2.45) is 5.92 Å². The predicted molar refractivity (Wildman–Crippen MR) is 76.1 cm³/mol. The zero-order valence-electron chi connectivity index (χ0n) is 10.3. The molecule has 1 aromatic carbocycles. The first-order valence-corrected chi connectivity index (χ1v) is 7.24. The van der Waals surface area contributed by atoms with Gasteiger partial charge in [-0.25, -0.2) is 0 Å². The van der Waals surface area contributed by atoms with Crippen molar-refractivity contribution in [2.45, 2.75) is 38.3 Å². The van der Waals surface area contributed by atoms with E-state index in [0.717, 1.165) is 23.4 Å². The summed E-state index contributed by atoms with van der Waals surface area (Å²) in [5.41, 5.74) is 1.02. The van der Waals surface area contributed by atoms with Gasteiger partial charge >= 0.3 is 0 Å². The molecule has 4 heteroatoms. The van der Waals surface area contributed by atoms with Crippen molar-refractivity contribution < 1.29 is 5.11 Å². The SMILES string of the molecule is OCC1CCCCC1NCc1cc(Cl)ccc1Cl. The lowest BCUT2D eigenvalue weighted by Crippen LogP contribution is -2.39. The van der Waals surface area contributed by atoms with E-state index < -0.39 is 0 Å². The van der Waals surface area contributed by atoms with Crippen molar-refractivity contribution in [2.75, 3.05) is 6.61 Å². The fourth-order valence-corrected chi connectivity index (χ4v) is 2.99. The average molecular weight is 288 g/mol. The minimum atomic E-state index is 0.265. The molecule has 1 fully saturated rings. The van der Waals surface area contributed by atoms with Gasteiger partial charge in [-0.05, 0) is 42.5 Å². The number of hydrogen-bond acceptors (Lipinski definition) is 2. The quantitative estimate of drug-likeness (QED) is 0.886. The number of hydrogen-bond donors (Lipinski definition) is 2. The summed E-state index contributed by atoms with van der Waals surface area (Å²) in [6, 6.07) is 5.91. The van der Waals surface area contributed by atoms with Crippen molar-refractivity contribution >= 4 is 23.2 Å². The van der Waals surface area contributed by atoms with Crippen molar-refractivity contribution in [1.82, 2.24) is 5.32 Å². The van der Waals surface area contributed by atoms with Gasteiger partial charge in [-0.2, -0.15) is 0 Å². The third kappa shape index (κ3) is 3.61. The van der Waals surface area contributed by atoms with Gasteiger partial charge in [0.05, 0.1) is 0 Å². The first-order chi connectivity index (χ1) is 8.70. The maximum Gasteiger partial charge on any atom is 0.0474 e. The molecule has 2 atom stereocenters. The van der Waals surface area contributed by atoms with Crippen LogP contribution in [0, 0.1) is 5.92 Å². The predicted octanol–water partition coefficient (Wildman–Crippen LogP) is 3.63. The molecule has 2 nitrogen and oxygen atoms in total. The molecule has 0 amide bonds. The van der Waals surface area contributed by atoms with Crippen molar-refractivity contribution in [3.05, 3.63) is 33.8 Å². The topological polar surface area (TPSA) is 32.3 Å². The van der Waals surface area contributed by atoms with E-state index in [1.54, 1.807) is 6.07 Å². The molecule has 0 aromatic heterocycles. The standard InChI is InChI=1S/C14H19Cl2NO/c15-12-5-6-13(16)11(7-12)8-17-14-4-2-1-3-10(14)9-18/h5-7,10,14,17-18H,1-4,8-9H2. The van der Waals surface area contributed by atoms with Crippen LogP contribution in [0.4, 0.5) is 0 Å². The number of benzene rings is 1. The minimum absolute atomic E-state index is 0.265. The van der Waals surface area contributed by atoms with Crippen LogP contribution in [-0.2, 0) is 6.54 Å². The van der Waals surface area contributed by atoms with Crippen LogP contribution in [0.1, 0.15) is 31.2 Å². The van der Waals surface area contributed by atoms with Crippen molar-refractivity contribution in [3.63, 3.8) is 0 Å². The summed E-state index contributed by atoms with van der Waals surface area (Å²) in [6.45, 7) is 0.974. The molecule has 100 valence electrons. The molecule has 0 saturated heterocycles. The van der Waals surface area contributed by atoms with Gasteiger partial charge in [0.1, 0.15) is 0 Å². The van der Waals surface area contributed by atoms with Crippen LogP contribution < -0.4 is 5.32 Å². The summed E-state index contributed by atoms with van der Waals surface area (Å²) in [6.07, 6.45) is 4.69. The first kappa shape index (κ1) is 14.1. The Morgan fingerprint density at radius 1 is 1.22 bits per heavy atom. The van der Waals surface area contributed by atoms with Crippen LogP contribution in [0.5, 0.6) is 0 Å². The highest BCUT2D eigenvalue weighted by Crippen LogP contribution is 2.25. The van der Waals surface area contributed by atoms with Gasteiger partial charge in [0.15, 0.2) is 0 Å². The number of rotatable bonds is 4. The molecule has 18 heavy (non-hydrogen) atoms. The Kier molecular flexibility index (Phi) is 5.31. The Morgan fingerprint density at radius 2 is 2.00 bits per heavy atom. The molecule has 2 N–H and O–H groups in total. The van der Waals surface area contributed by atoms with E-state index in [1.807, 2.05) is 12.1 Å². The summed E-state index contributed by atoms with van der Waals surface area (Å²) < 4.78 is 0. The Labute approximate surface area is 118 Å². The van der Waals surface area contributed by atoms with Gasteiger partial charge in [0.2, 0.25) is 0 Å². The maximum absolute atomic E-state index is 9.37. The Morgan fingerprint density at radius 3 is 2.78 bits per heavy atom. The van der Waals surface area contributed by atoms with Crippen LogP contribution in [0.2, 0.25) is 10.0 Å². The van der Waals surface area contributed by atoms with Crippen LogP contribution in [0.15, 0.2) is 18.2 Å². The van der Waals surface area contributed by atoms with Gasteiger partial charge in [0, 0.05) is 29.2 Å². The highest BCUT2D eigenvalue weighted by molar-refractivity contribution is 6.33. The van der Waals surface area contributed by atoms with Gasteiger partial charge in [-0.3, -0.25) is 0 Å². The van der Waals surface area contributed by atoms with E-state index in [9.17, 15) is 5.11 Å². The summed E-state index contributed by atoms with van der Waals surface area (Å²) in [4.78, 5) is 0. The molecule has 1 aliphatic carbocycles. The smallest absolute Gasteiger partial charge is 0.0474 e. The van der Waals surface area contributed by atoms with Crippen LogP contribution >= 0.6 is 23.2 Å². The monoisotopic (exact) mass is 287 g/mol. The largest absolute Gasteiger partial charge is 0.396 e. The van der Waals surface area contributed by atoms with Crippen LogP contribution in [0.25, 0.3) is 0 Å². The third-order valence-corrected chi connectivity index (χ3v) is 4.31. The fourth-order valence-electron chi connectivity index (χ4n) is 2.61. The minimum Gasteiger partial charge on any atom is -0.396 e. The Balaban J connectivity index is 1.95. The molecule has 1 aromatic rings. The highest BCUT2D eigenvalue weighted by atomic mass is 35.5. The fraction of sp³-hybridized carbons (Fsp3) is 0.571. The molecule has 1 saturated carbocycles. The molecule has 0 radical (unpaired) electrons. The van der Waals surface area contributed by atoms with E-state index in [-0.39, 0.29) is 6.61 Å². The second-order valence-electron chi connectivity index (χ2n) is 4.95. The molecule has 0 spiro atoms. The number of aliphatic hydroxyl groups excluding tert-OH is 1. The number of halogens is 2. The second kappa shape index (κ2) is 6.76. The van der Waals surface area contributed by atoms with E-state index in [4.69, 9.17) is 23.2 Å². The zero-order chi connectivity index (χ0) is 13.0. The van der Waals surface area contributed by atoms with E-state index in [1.165, 1.54) is 12.8 Å². The molecular weight excluding hydrogens is 269 g/mol. The average Bonchev–Trinajstić information content (AvgIpc) is 2.40. The van der Waals surface area contributed by atoms with Gasteiger partial charge in [0.25, 0.3) is 0 Å². The second-order valence-corrected chi connectivity index (χ2v) is 5.79. The van der Waals surface area contributed by atoms with Crippen molar-refractivity contribution in [3.8, 4) is 0 Å². The molecule has 0 bridgehead atoms.